The molecule has 0 bridgehead atoms. The molecule has 11 heavy (non-hydrogen) atoms. The summed E-state index contributed by atoms with van der Waals surface area (Å²) in [6.07, 6.45) is 2.10. The summed E-state index contributed by atoms with van der Waals surface area (Å²) in [6.45, 7) is 5.71. The van der Waals surface area contributed by atoms with Crippen LogP contribution in [0, 0.1) is 11.8 Å². The molecular formula is C9H18O2. The summed E-state index contributed by atoms with van der Waals surface area (Å²) in [7, 11) is 0. The zero-order valence-electron chi connectivity index (χ0n) is 7.42. The van der Waals surface area contributed by atoms with Crippen molar-refractivity contribution in [3.63, 3.8) is 0 Å². The lowest BCUT2D eigenvalue weighted by atomic mass is 9.92. The van der Waals surface area contributed by atoms with Crippen LogP contribution in [0.15, 0.2) is 0 Å². The molecule has 0 aliphatic carbocycles. The molecule has 1 fully saturated rings. The molecule has 0 amide bonds. The van der Waals surface area contributed by atoms with Gasteiger partial charge in [0.1, 0.15) is 0 Å². The Hall–Kier alpha value is -0.0800. The highest BCUT2D eigenvalue weighted by atomic mass is 16.5. The van der Waals surface area contributed by atoms with Crippen LogP contribution in [0.4, 0.5) is 0 Å². The Kier molecular flexibility index (Phi) is 3.34. The highest BCUT2D eigenvalue weighted by Gasteiger charge is 2.26. The van der Waals surface area contributed by atoms with Gasteiger partial charge in [-0.05, 0) is 12.3 Å². The van der Waals surface area contributed by atoms with Crippen molar-refractivity contribution in [3.8, 4) is 0 Å². The predicted octanol–water partition coefficient (Wildman–Crippen LogP) is 1.43. The van der Waals surface area contributed by atoms with E-state index in [0.29, 0.717) is 12.5 Å². The van der Waals surface area contributed by atoms with Gasteiger partial charge in [-0.3, -0.25) is 0 Å². The number of ether oxygens (including phenoxy) is 1. The van der Waals surface area contributed by atoms with Gasteiger partial charge in [-0.2, -0.15) is 0 Å². The maximum absolute atomic E-state index is 9.41. The van der Waals surface area contributed by atoms with Crippen LogP contribution in [-0.4, -0.2) is 24.4 Å². The molecule has 0 aromatic heterocycles. The molecule has 1 aliphatic rings. The Morgan fingerprint density at radius 2 is 2.27 bits per heavy atom. The van der Waals surface area contributed by atoms with Gasteiger partial charge < -0.3 is 9.84 Å². The van der Waals surface area contributed by atoms with Gasteiger partial charge in [-0.15, -0.1) is 0 Å². The number of aliphatic hydroxyl groups excluding tert-OH is 1. The van der Waals surface area contributed by atoms with Crippen molar-refractivity contribution >= 4 is 0 Å². The fourth-order valence-corrected chi connectivity index (χ4v) is 1.50. The summed E-state index contributed by atoms with van der Waals surface area (Å²) in [5.74, 6) is 1.11. The topological polar surface area (TPSA) is 29.5 Å². The van der Waals surface area contributed by atoms with Crippen molar-refractivity contribution in [2.75, 3.05) is 13.2 Å². The lowest BCUT2D eigenvalue weighted by Crippen LogP contribution is -2.19. The standard InChI is InChI=1S/C9H18O2/c1-3-7(2)4-8-5-11-6-9(8)10/h7-10H,3-6H2,1-2H3/t7?,8-,9-/m1/s1. The fraction of sp³-hybridized carbons (Fsp3) is 1.00. The Bertz CT molecular complexity index is 114. The van der Waals surface area contributed by atoms with Crippen LogP contribution in [0.1, 0.15) is 26.7 Å². The smallest absolute Gasteiger partial charge is 0.0823 e. The molecule has 0 aromatic carbocycles. The zero-order chi connectivity index (χ0) is 8.27. The van der Waals surface area contributed by atoms with Crippen LogP contribution >= 0.6 is 0 Å². The second-order valence-corrected chi connectivity index (χ2v) is 3.61. The van der Waals surface area contributed by atoms with Crippen molar-refractivity contribution in [1.82, 2.24) is 0 Å². The van der Waals surface area contributed by atoms with E-state index in [-0.39, 0.29) is 6.10 Å². The number of hydrogen-bond acceptors (Lipinski definition) is 2. The molecule has 66 valence electrons. The molecule has 1 rings (SSSR count). The van der Waals surface area contributed by atoms with Crippen LogP contribution in [0.2, 0.25) is 0 Å². The summed E-state index contributed by atoms with van der Waals surface area (Å²) in [5, 5.41) is 9.41. The first-order valence-corrected chi connectivity index (χ1v) is 4.49. The highest BCUT2D eigenvalue weighted by Crippen LogP contribution is 2.22. The number of rotatable bonds is 3. The van der Waals surface area contributed by atoms with E-state index in [1.807, 2.05) is 0 Å². The van der Waals surface area contributed by atoms with Crippen LogP contribution in [-0.2, 0) is 4.74 Å². The molecule has 0 aromatic rings. The van der Waals surface area contributed by atoms with E-state index in [9.17, 15) is 5.11 Å². The molecule has 0 radical (unpaired) electrons. The maximum atomic E-state index is 9.41. The van der Waals surface area contributed by atoms with Crippen LogP contribution < -0.4 is 0 Å². The summed E-state index contributed by atoms with van der Waals surface area (Å²) in [5.41, 5.74) is 0. The van der Waals surface area contributed by atoms with E-state index < -0.39 is 0 Å². The van der Waals surface area contributed by atoms with Crippen molar-refractivity contribution < 1.29 is 9.84 Å². The molecular weight excluding hydrogens is 140 g/mol. The molecule has 0 spiro atoms. The SMILES string of the molecule is CCC(C)C[C@@H]1COC[C@H]1O. The zero-order valence-corrected chi connectivity index (χ0v) is 7.42. The Morgan fingerprint density at radius 1 is 1.55 bits per heavy atom. The first kappa shape index (κ1) is 9.01. The van der Waals surface area contributed by atoms with E-state index >= 15 is 0 Å². The Balaban J connectivity index is 2.24. The van der Waals surface area contributed by atoms with E-state index in [2.05, 4.69) is 13.8 Å². The molecule has 1 saturated heterocycles. The molecule has 2 nitrogen and oxygen atoms in total. The summed E-state index contributed by atoms with van der Waals surface area (Å²) >= 11 is 0. The molecule has 2 heteroatoms. The van der Waals surface area contributed by atoms with Crippen LogP contribution in [0.5, 0.6) is 0 Å². The first-order valence-electron chi connectivity index (χ1n) is 4.49. The Labute approximate surface area is 68.6 Å². The fourth-order valence-electron chi connectivity index (χ4n) is 1.50. The van der Waals surface area contributed by atoms with E-state index in [4.69, 9.17) is 4.74 Å². The van der Waals surface area contributed by atoms with Gasteiger partial charge >= 0.3 is 0 Å². The van der Waals surface area contributed by atoms with Crippen molar-refractivity contribution in [3.05, 3.63) is 0 Å². The third-order valence-electron chi connectivity index (χ3n) is 2.57. The van der Waals surface area contributed by atoms with Gasteiger partial charge in [0.2, 0.25) is 0 Å². The van der Waals surface area contributed by atoms with Crippen LogP contribution in [0.25, 0.3) is 0 Å². The normalized spacial score (nSPS) is 34.1. The van der Waals surface area contributed by atoms with Gasteiger partial charge in [0, 0.05) is 5.92 Å². The van der Waals surface area contributed by atoms with E-state index in [1.54, 1.807) is 0 Å². The van der Waals surface area contributed by atoms with Gasteiger partial charge in [-0.1, -0.05) is 20.3 Å². The third kappa shape index (κ3) is 2.46. The summed E-state index contributed by atoms with van der Waals surface area (Å²) in [4.78, 5) is 0. The Morgan fingerprint density at radius 3 is 2.73 bits per heavy atom. The van der Waals surface area contributed by atoms with Gasteiger partial charge in [0.15, 0.2) is 0 Å². The summed E-state index contributed by atoms with van der Waals surface area (Å²) in [6, 6.07) is 0. The van der Waals surface area contributed by atoms with Crippen molar-refractivity contribution in [2.24, 2.45) is 11.8 Å². The van der Waals surface area contributed by atoms with E-state index in [0.717, 1.165) is 18.9 Å². The molecule has 1 aliphatic heterocycles. The lowest BCUT2D eigenvalue weighted by Gasteiger charge is -2.15. The van der Waals surface area contributed by atoms with Crippen LogP contribution in [0.3, 0.4) is 0 Å². The molecule has 1 N–H and O–H groups in total. The van der Waals surface area contributed by atoms with E-state index in [1.165, 1.54) is 6.42 Å². The second kappa shape index (κ2) is 4.07. The third-order valence-corrected chi connectivity index (χ3v) is 2.57. The van der Waals surface area contributed by atoms with Crippen molar-refractivity contribution in [2.45, 2.75) is 32.8 Å². The summed E-state index contributed by atoms with van der Waals surface area (Å²) < 4.78 is 5.16. The van der Waals surface area contributed by atoms with Gasteiger partial charge in [0.05, 0.1) is 19.3 Å². The highest BCUT2D eigenvalue weighted by molar-refractivity contribution is 4.75. The molecule has 1 heterocycles. The van der Waals surface area contributed by atoms with Gasteiger partial charge in [0.25, 0.3) is 0 Å². The minimum absolute atomic E-state index is 0.205. The molecule has 3 atom stereocenters. The largest absolute Gasteiger partial charge is 0.390 e. The minimum atomic E-state index is -0.205. The molecule has 0 saturated carbocycles. The first-order chi connectivity index (χ1) is 5.24. The van der Waals surface area contributed by atoms with Crippen molar-refractivity contribution in [1.29, 1.82) is 0 Å². The quantitative estimate of drug-likeness (QED) is 0.673. The lowest BCUT2D eigenvalue weighted by molar-refractivity contribution is 0.114. The second-order valence-electron chi connectivity index (χ2n) is 3.61. The molecule has 1 unspecified atom stereocenters. The maximum Gasteiger partial charge on any atom is 0.0823 e. The number of aliphatic hydroxyl groups is 1. The predicted molar refractivity (Wildman–Crippen MR) is 44.4 cm³/mol. The number of hydrogen-bond donors (Lipinski definition) is 1. The van der Waals surface area contributed by atoms with Gasteiger partial charge in [-0.25, -0.2) is 0 Å². The monoisotopic (exact) mass is 158 g/mol. The minimum Gasteiger partial charge on any atom is -0.390 e. The average Bonchev–Trinajstić information content (AvgIpc) is 2.37. The average molecular weight is 158 g/mol.